The molecule has 2 unspecified atom stereocenters. The molecule has 0 radical (unpaired) electrons. The van der Waals surface area contributed by atoms with Gasteiger partial charge in [-0.25, -0.2) is 0 Å². The molecule has 1 amide bonds. The Bertz CT molecular complexity index is 1100. The van der Waals surface area contributed by atoms with E-state index in [0.29, 0.717) is 16.5 Å². The van der Waals surface area contributed by atoms with Gasteiger partial charge in [-0.2, -0.15) is 5.10 Å². The Morgan fingerprint density at radius 3 is 2.58 bits per heavy atom. The van der Waals surface area contributed by atoms with Crippen LogP contribution in [0.3, 0.4) is 0 Å². The molecule has 0 bridgehead atoms. The predicted molar refractivity (Wildman–Crippen MR) is 125 cm³/mol. The molecule has 2 heterocycles. The number of halogens is 2. The van der Waals surface area contributed by atoms with E-state index in [-0.39, 0.29) is 17.9 Å². The molecule has 6 heteroatoms. The lowest BCUT2D eigenvalue weighted by Crippen LogP contribution is -2.41. The van der Waals surface area contributed by atoms with Crippen molar-refractivity contribution in [3.63, 3.8) is 0 Å². The first-order chi connectivity index (χ1) is 15.0. The van der Waals surface area contributed by atoms with Crippen molar-refractivity contribution < 1.29 is 4.79 Å². The number of aromatic nitrogens is 2. The molecule has 0 saturated carbocycles. The maximum absolute atomic E-state index is 13.2. The van der Waals surface area contributed by atoms with Crippen molar-refractivity contribution in [2.45, 2.75) is 45.1 Å². The minimum Gasteiger partial charge on any atom is -0.339 e. The summed E-state index contributed by atoms with van der Waals surface area (Å²) in [6.45, 7) is 2.87. The summed E-state index contributed by atoms with van der Waals surface area (Å²) in [4.78, 5) is 15.3. The number of nitrogens with zero attached hydrogens (tertiary/aromatic N) is 2. The van der Waals surface area contributed by atoms with Gasteiger partial charge >= 0.3 is 0 Å². The number of aryl methyl sites for hydroxylation is 2. The van der Waals surface area contributed by atoms with E-state index in [1.807, 2.05) is 18.3 Å². The van der Waals surface area contributed by atoms with Gasteiger partial charge in [0.05, 0.1) is 5.69 Å². The Morgan fingerprint density at radius 1 is 1.10 bits per heavy atom. The molecule has 1 saturated heterocycles. The Hall–Kier alpha value is -2.30. The highest BCUT2D eigenvalue weighted by Gasteiger charge is 2.38. The summed E-state index contributed by atoms with van der Waals surface area (Å²) in [6.07, 6.45) is 6.19. The lowest BCUT2D eigenvalue weighted by atomic mass is 9.92. The van der Waals surface area contributed by atoms with Crippen LogP contribution < -0.4 is 0 Å². The summed E-state index contributed by atoms with van der Waals surface area (Å²) in [5, 5.41) is 8.52. The van der Waals surface area contributed by atoms with Crippen LogP contribution in [-0.2, 0) is 24.1 Å². The third kappa shape index (κ3) is 3.99. The molecule has 1 N–H and O–H groups in total. The number of amides is 1. The highest BCUT2D eigenvalue weighted by molar-refractivity contribution is 6.36. The highest BCUT2D eigenvalue weighted by atomic mass is 35.5. The smallest absolute Gasteiger partial charge is 0.226 e. The van der Waals surface area contributed by atoms with Crippen LogP contribution in [-0.4, -0.2) is 33.6 Å². The molecule has 5 rings (SSSR count). The van der Waals surface area contributed by atoms with E-state index in [1.54, 1.807) is 0 Å². The predicted octanol–water partition coefficient (Wildman–Crippen LogP) is 5.64. The number of hydrogen-bond donors (Lipinski definition) is 1. The van der Waals surface area contributed by atoms with Gasteiger partial charge < -0.3 is 4.90 Å². The minimum absolute atomic E-state index is 0.0639. The molecule has 1 aromatic heterocycles. The Balaban J connectivity index is 1.31. The quantitative estimate of drug-likeness (QED) is 0.555. The standard InChI is InChI=1S/C25H25Cl2N3O/c1-15-2-4-16(5-3-15)18-12-22(26)21(23(27)13-18)11-17-8-9-30(25(17)31)20-6-7-24-19(10-20)14-28-29-24/h2-5,12-14,17,20H,6-11H2,1H3,(H,28,29). The third-order valence-electron chi connectivity index (χ3n) is 6.75. The molecule has 160 valence electrons. The second-order valence-electron chi connectivity index (χ2n) is 8.76. The summed E-state index contributed by atoms with van der Waals surface area (Å²) in [5.41, 5.74) is 6.55. The molecule has 4 nitrogen and oxygen atoms in total. The first-order valence-electron chi connectivity index (χ1n) is 10.9. The van der Waals surface area contributed by atoms with Gasteiger partial charge in [-0.15, -0.1) is 0 Å². The van der Waals surface area contributed by atoms with Crippen LogP contribution in [0.2, 0.25) is 10.0 Å². The van der Waals surface area contributed by atoms with E-state index in [9.17, 15) is 4.79 Å². The van der Waals surface area contributed by atoms with Gasteiger partial charge in [0.1, 0.15) is 0 Å². The van der Waals surface area contributed by atoms with Gasteiger partial charge in [0.25, 0.3) is 0 Å². The summed E-state index contributed by atoms with van der Waals surface area (Å²) in [5.74, 6) is 0.165. The molecule has 3 aromatic rings. The van der Waals surface area contributed by atoms with Gasteiger partial charge in [-0.3, -0.25) is 9.89 Å². The van der Waals surface area contributed by atoms with Crippen LogP contribution in [0, 0.1) is 12.8 Å². The SMILES string of the molecule is Cc1ccc(-c2cc(Cl)c(CC3CCN(C4CCc5n[nH]cc5C4)C3=O)c(Cl)c2)cc1. The molecule has 2 aliphatic rings. The van der Waals surface area contributed by atoms with Crippen LogP contribution in [0.15, 0.2) is 42.6 Å². The van der Waals surface area contributed by atoms with Crippen molar-refractivity contribution in [3.05, 3.63) is 75.0 Å². The number of H-pyrrole nitrogens is 1. The molecular weight excluding hydrogens is 429 g/mol. The number of rotatable bonds is 4. The van der Waals surface area contributed by atoms with Gasteiger partial charge in [-0.05, 0) is 73.4 Å². The number of aromatic amines is 1. The average molecular weight is 454 g/mol. The molecule has 2 aromatic carbocycles. The molecule has 31 heavy (non-hydrogen) atoms. The highest BCUT2D eigenvalue weighted by Crippen LogP contribution is 2.36. The second-order valence-corrected chi connectivity index (χ2v) is 9.57. The zero-order valence-electron chi connectivity index (χ0n) is 17.5. The van der Waals surface area contributed by atoms with E-state index >= 15 is 0 Å². The number of nitrogens with one attached hydrogen (secondary N) is 1. The largest absolute Gasteiger partial charge is 0.339 e. The molecule has 1 aliphatic heterocycles. The second kappa shape index (κ2) is 8.33. The maximum atomic E-state index is 13.2. The lowest BCUT2D eigenvalue weighted by Gasteiger charge is -2.31. The van der Waals surface area contributed by atoms with E-state index in [4.69, 9.17) is 23.2 Å². The van der Waals surface area contributed by atoms with Crippen LogP contribution in [0.25, 0.3) is 11.1 Å². The summed E-state index contributed by atoms with van der Waals surface area (Å²) < 4.78 is 0. The molecular formula is C25H25Cl2N3O. The van der Waals surface area contributed by atoms with Crippen molar-refractivity contribution in [2.75, 3.05) is 6.54 Å². The van der Waals surface area contributed by atoms with E-state index in [1.165, 1.54) is 11.1 Å². The number of hydrogen-bond acceptors (Lipinski definition) is 2. The van der Waals surface area contributed by atoms with Gasteiger partial charge in [0.2, 0.25) is 5.91 Å². The summed E-state index contributed by atoms with van der Waals surface area (Å²) in [6, 6.07) is 12.5. The number of benzene rings is 2. The summed E-state index contributed by atoms with van der Waals surface area (Å²) >= 11 is 13.3. The van der Waals surface area contributed by atoms with Gasteiger partial charge in [0, 0.05) is 34.7 Å². The van der Waals surface area contributed by atoms with Crippen LogP contribution >= 0.6 is 23.2 Å². The number of fused-ring (bicyclic) bond motifs is 1. The molecule has 2 atom stereocenters. The van der Waals surface area contributed by atoms with E-state index in [0.717, 1.165) is 54.6 Å². The van der Waals surface area contributed by atoms with Crippen molar-refractivity contribution >= 4 is 29.1 Å². The van der Waals surface area contributed by atoms with E-state index in [2.05, 4.69) is 46.3 Å². The van der Waals surface area contributed by atoms with Gasteiger partial charge in [-0.1, -0.05) is 53.0 Å². The zero-order chi connectivity index (χ0) is 21.5. The summed E-state index contributed by atoms with van der Waals surface area (Å²) in [7, 11) is 0. The van der Waals surface area contributed by atoms with Crippen molar-refractivity contribution in [2.24, 2.45) is 5.92 Å². The first-order valence-corrected chi connectivity index (χ1v) is 11.6. The molecule has 1 fully saturated rings. The molecule has 1 aliphatic carbocycles. The first kappa shape index (κ1) is 20.6. The Kier molecular flexibility index (Phi) is 5.53. The average Bonchev–Trinajstić information content (AvgIpc) is 3.37. The van der Waals surface area contributed by atoms with Crippen LogP contribution in [0.5, 0.6) is 0 Å². The normalized spacial score (nSPS) is 20.9. The fraction of sp³-hybridized carbons (Fsp3) is 0.360. The fourth-order valence-corrected chi connectivity index (χ4v) is 5.58. The van der Waals surface area contributed by atoms with E-state index < -0.39 is 0 Å². The maximum Gasteiger partial charge on any atom is 0.226 e. The van der Waals surface area contributed by atoms with Gasteiger partial charge in [0.15, 0.2) is 0 Å². The Labute approximate surface area is 192 Å². The van der Waals surface area contributed by atoms with Crippen molar-refractivity contribution in [3.8, 4) is 11.1 Å². The third-order valence-corrected chi connectivity index (χ3v) is 7.42. The van der Waals surface area contributed by atoms with Crippen molar-refractivity contribution in [1.82, 2.24) is 15.1 Å². The number of carbonyl (C=O) groups excluding carboxylic acids is 1. The number of carbonyl (C=O) groups is 1. The molecule has 0 spiro atoms. The lowest BCUT2D eigenvalue weighted by molar-refractivity contribution is -0.133. The topological polar surface area (TPSA) is 49.0 Å². The van der Waals surface area contributed by atoms with Crippen molar-refractivity contribution in [1.29, 1.82) is 0 Å². The number of likely N-dealkylation sites (tertiary alicyclic amines) is 1. The van der Waals surface area contributed by atoms with Crippen LogP contribution in [0.1, 0.15) is 35.2 Å². The monoisotopic (exact) mass is 453 g/mol. The Morgan fingerprint density at radius 2 is 1.84 bits per heavy atom. The minimum atomic E-state index is -0.0639. The zero-order valence-corrected chi connectivity index (χ0v) is 19.0. The van der Waals surface area contributed by atoms with Crippen LogP contribution in [0.4, 0.5) is 0 Å². The fourth-order valence-electron chi connectivity index (χ4n) is 4.93.